The molecule has 1 fully saturated rings. The van der Waals surface area contributed by atoms with Gasteiger partial charge in [-0.25, -0.2) is 13.4 Å². The lowest BCUT2D eigenvalue weighted by atomic mass is 9.87. The number of H-pyrrole nitrogens is 1. The predicted octanol–water partition coefficient (Wildman–Crippen LogP) is 3.83. The van der Waals surface area contributed by atoms with Crippen LogP contribution in [0.5, 0.6) is 5.75 Å². The summed E-state index contributed by atoms with van der Waals surface area (Å²) in [5.41, 5.74) is 3.37. The molecule has 8 nitrogen and oxygen atoms in total. The number of ether oxygens (including phenoxy) is 1. The molecular weight excluding hydrogens is 474 g/mol. The van der Waals surface area contributed by atoms with E-state index in [9.17, 15) is 8.42 Å². The molecule has 9 heteroatoms. The first kappa shape index (κ1) is 26.2. The first-order valence-electron chi connectivity index (χ1n) is 12.5. The lowest BCUT2D eigenvalue weighted by Gasteiger charge is -2.19. The zero-order valence-electron chi connectivity index (χ0n) is 21.3. The minimum absolute atomic E-state index is 0.0524. The highest BCUT2D eigenvalue weighted by atomic mass is 32.2. The Morgan fingerprint density at radius 2 is 1.94 bits per heavy atom. The zero-order valence-corrected chi connectivity index (χ0v) is 22.1. The highest BCUT2D eigenvalue weighted by Gasteiger charge is 2.20. The number of sulfonamides is 1. The van der Waals surface area contributed by atoms with E-state index in [1.807, 2.05) is 30.5 Å². The van der Waals surface area contributed by atoms with Gasteiger partial charge in [-0.1, -0.05) is 39.0 Å². The van der Waals surface area contributed by atoms with E-state index in [2.05, 4.69) is 46.1 Å². The first-order chi connectivity index (χ1) is 17.2. The molecular formula is C27H37N5O3S. The lowest BCUT2D eigenvalue weighted by Crippen LogP contribution is -2.24. The zero-order chi connectivity index (χ0) is 25.6. The first-order valence-corrected chi connectivity index (χ1v) is 14.0. The third-order valence-electron chi connectivity index (χ3n) is 6.42. The second kappa shape index (κ2) is 11.5. The van der Waals surface area contributed by atoms with E-state index in [0.29, 0.717) is 36.9 Å². The second-order valence-electron chi connectivity index (χ2n) is 10.4. The van der Waals surface area contributed by atoms with E-state index in [-0.39, 0.29) is 10.3 Å². The fourth-order valence-electron chi connectivity index (χ4n) is 4.22. The molecule has 0 aliphatic carbocycles. The fourth-order valence-corrected chi connectivity index (χ4v) is 5.29. The molecule has 1 atom stereocenters. The third kappa shape index (κ3) is 7.09. The van der Waals surface area contributed by atoms with Crippen molar-refractivity contribution in [3.8, 4) is 5.75 Å². The Balaban J connectivity index is 1.48. The summed E-state index contributed by atoms with van der Waals surface area (Å²) < 4.78 is 35.1. The number of nitrogens with zero attached hydrogens (tertiary/aromatic N) is 1. The number of anilines is 1. The normalized spacial score (nSPS) is 16.2. The SMILES string of the molecule is CC(C)(C)c1ccc(S(=O)(=O)Nc2ccc(CNCC3CCNC3)cc2OCCc2c[nH]cn2)cc1. The second-order valence-corrected chi connectivity index (χ2v) is 12.0. The molecule has 1 aromatic heterocycles. The topological polar surface area (TPSA) is 108 Å². The van der Waals surface area contributed by atoms with Crippen LogP contribution in [-0.4, -0.2) is 44.6 Å². The predicted molar refractivity (Wildman–Crippen MR) is 143 cm³/mol. The quantitative estimate of drug-likeness (QED) is 0.312. The van der Waals surface area contributed by atoms with E-state index in [1.54, 1.807) is 24.5 Å². The van der Waals surface area contributed by atoms with Crippen molar-refractivity contribution in [2.24, 2.45) is 5.92 Å². The maximum absolute atomic E-state index is 13.2. The molecule has 0 radical (unpaired) electrons. The average Bonchev–Trinajstić information content (AvgIpc) is 3.55. The summed E-state index contributed by atoms with van der Waals surface area (Å²) in [5, 5.41) is 6.90. The van der Waals surface area contributed by atoms with Gasteiger partial charge in [0.15, 0.2) is 0 Å². The van der Waals surface area contributed by atoms with Crippen molar-refractivity contribution in [2.75, 3.05) is 31.0 Å². The molecule has 36 heavy (non-hydrogen) atoms. The molecule has 1 aliphatic rings. The van der Waals surface area contributed by atoms with Crippen LogP contribution in [0.4, 0.5) is 5.69 Å². The van der Waals surface area contributed by atoms with Crippen LogP contribution >= 0.6 is 0 Å². The summed E-state index contributed by atoms with van der Waals surface area (Å²) in [6.45, 7) is 10.4. The Bertz CT molecular complexity index is 1210. The molecule has 1 unspecified atom stereocenters. The van der Waals surface area contributed by atoms with Crippen molar-refractivity contribution < 1.29 is 13.2 Å². The summed E-state index contributed by atoms with van der Waals surface area (Å²) in [4.78, 5) is 7.38. The molecule has 0 amide bonds. The Kier molecular flexibility index (Phi) is 8.33. The molecule has 2 heterocycles. The number of aromatic nitrogens is 2. The van der Waals surface area contributed by atoms with Crippen molar-refractivity contribution in [1.29, 1.82) is 0 Å². The highest BCUT2D eigenvalue weighted by Crippen LogP contribution is 2.30. The molecule has 4 rings (SSSR count). The van der Waals surface area contributed by atoms with Crippen molar-refractivity contribution in [1.82, 2.24) is 20.6 Å². The summed E-state index contributed by atoms with van der Waals surface area (Å²) in [6.07, 6.45) is 5.26. The van der Waals surface area contributed by atoms with Crippen LogP contribution < -0.4 is 20.1 Å². The molecule has 1 aliphatic heterocycles. The largest absolute Gasteiger partial charge is 0.491 e. The minimum Gasteiger partial charge on any atom is -0.491 e. The van der Waals surface area contributed by atoms with Gasteiger partial charge in [-0.2, -0.15) is 0 Å². The van der Waals surface area contributed by atoms with Gasteiger partial charge in [0, 0.05) is 19.2 Å². The minimum atomic E-state index is -3.78. The number of benzene rings is 2. The van der Waals surface area contributed by atoms with Crippen LogP contribution in [0.25, 0.3) is 0 Å². The van der Waals surface area contributed by atoms with Crippen LogP contribution in [0.15, 0.2) is 59.9 Å². The molecule has 0 bridgehead atoms. The van der Waals surface area contributed by atoms with Crippen LogP contribution in [-0.2, 0) is 28.4 Å². The Hall–Kier alpha value is -2.88. The maximum atomic E-state index is 13.2. The van der Waals surface area contributed by atoms with Crippen molar-refractivity contribution in [2.45, 2.75) is 50.5 Å². The number of hydrogen-bond donors (Lipinski definition) is 4. The number of hydrogen-bond acceptors (Lipinski definition) is 6. The summed E-state index contributed by atoms with van der Waals surface area (Å²) in [5.74, 6) is 1.15. The monoisotopic (exact) mass is 511 g/mol. The average molecular weight is 512 g/mol. The van der Waals surface area contributed by atoms with Gasteiger partial charge in [-0.15, -0.1) is 0 Å². The van der Waals surface area contributed by atoms with Crippen LogP contribution in [0.1, 0.15) is 44.0 Å². The molecule has 2 aromatic carbocycles. The number of imidazole rings is 1. The van der Waals surface area contributed by atoms with Crippen molar-refractivity contribution in [3.63, 3.8) is 0 Å². The van der Waals surface area contributed by atoms with Crippen LogP contribution in [0, 0.1) is 5.92 Å². The summed E-state index contributed by atoms with van der Waals surface area (Å²) >= 11 is 0. The van der Waals surface area contributed by atoms with E-state index < -0.39 is 10.0 Å². The van der Waals surface area contributed by atoms with Gasteiger partial charge in [-0.05, 0) is 72.8 Å². The molecule has 4 N–H and O–H groups in total. The van der Waals surface area contributed by atoms with Gasteiger partial charge in [0.05, 0.1) is 29.2 Å². The van der Waals surface area contributed by atoms with Gasteiger partial charge in [0.25, 0.3) is 10.0 Å². The van der Waals surface area contributed by atoms with Gasteiger partial charge in [-0.3, -0.25) is 4.72 Å². The van der Waals surface area contributed by atoms with E-state index >= 15 is 0 Å². The van der Waals surface area contributed by atoms with Crippen LogP contribution in [0.3, 0.4) is 0 Å². The molecule has 0 spiro atoms. The maximum Gasteiger partial charge on any atom is 0.262 e. The van der Waals surface area contributed by atoms with Crippen LogP contribution in [0.2, 0.25) is 0 Å². The standard InChI is InChI=1S/C27H37N5O3S/c1-27(2,3)22-5-7-24(8-6-22)36(33,34)32-25-9-4-20(15-29-17-21-10-12-28-16-21)14-26(25)35-13-11-23-18-30-19-31-23/h4-9,14,18-19,21,28-29,32H,10-13,15-17H2,1-3H3,(H,30,31). The number of nitrogens with one attached hydrogen (secondary N) is 4. The van der Waals surface area contributed by atoms with Gasteiger partial charge >= 0.3 is 0 Å². The van der Waals surface area contributed by atoms with Gasteiger partial charge in [0.2, 0.25) is 0 Å². The Labute approximate surface area is 214 Å². The van der Waals surface area contributed by atoms with E-state index in [0.717, 1.165) is 36.5 Å². The van der Waals surface area contributed by atoms with Gasteiger partial charge in [0.1, 0.15) is 5.75 Å². The molecule has 1 saturated heterocycles. The van der Waals surface area contributed by atoms with Gasteiger partial charge < -0.3 is 20.4 Å². The molecule has 0 saturated carbocycles. The Morgan fingerprint density at radius 1 is 1.14 bits per heavy atom. The van der Waals surface area contributed by atoms with Crippen molar-refractivity contribution in [3.05, 3.63) is 71.8 Å². The fraction of sp³-hybridized carbons (Fsp3) is 0.444. The van der Waals surface area contributed by atoms with E-state index in [1.165, 1.54) is 6.42 Å². The highest BCUT2D eigenvalue weighted by molar-refractivity contribution is 7.92. The summed E-state index contributed by atoms with van der Waals surface area (Å²) in [6, 6.07) is 12.6. The summed E-state index contributed by atoms with van der Waals surface area (Å²) in [7, 11) is -3.78. The third-order valence-corrected chi connectivity index (χ3v) is 7.80. The van der Waals surface area contributed by atoms with Crippen molar-refractivity contribution >= 4 is 15.7 Å². The smallest absolute Gasteiger partial charge is 0.262 e. The molecule has 194 valence electrons. The van der Waals surface area contributed by atoms with E-state index in [4.69, 9.17) is 4.74 Å². The molecule has 3 aromatic rings. The number of rotatable bonds is 11. The number of aromatic amines is 1. The lowest BCUT2D eigenvalue weighted by molar-refractivity contribution is 0.322. The Morgan fingerprint density at radius 3 is 2.61 bits per heavy atom.